The number of carbonyl (C=O) groups excluding carboxylic acids is 3. The van der Waals surface area contributed by atoms with E-state index in [2.05, 4.69) is 10.4 Å². The van der Waals surface area contributed by atoms with Crippen LogP contribution in [0.25, 0.3) is 0 Å². The first kappa shape index (κ1) is 24.2. The third-order valence-electron chi connectivity index (χ3n) is 6.31. The molecule has 0 radical (unpaired) electrons. The zero-order valence-corrected chi connectivity index (χ0v) is 20.5. The van der Waals surface area contributed by atoms with E-state index in [1.807, 2.05) is 62.4 Å². The molecule has 35 heavy (non-hydrogen) atoms. The number of ether oxygens (including phenoxy) is 1. The van der Waals surface area contributed by atoms with Crippen LogP contribution in [0.2, 0.25) is 0 Å². The van der Waals surface area contributed by atoms with Gasteiger partial charge in [-0.15, -0.1) is 0 Å². The van der Waals surface area contributed by atoms with Crippen LogP contribution in [0.3, 0.4) is 0 Å². The SMILES string of the molecule is CCOC(=O)c1cc2n(n1)C[C@@](C)(C(=O)NCc1ccc(C)cc1)N(Cc1ccc(C)cc1)C2=O. The Morgan fingerprint density at radius 1 is 1.03 bits per heavy atom. The zero-order chi connectivity index (χ0) is 25.2. The quantitative estimate of drug-likeness (QED) is 0.530. The number of rotatable bonds is 7. The first-order valence-electron chi connectivity index (χ1n) is 11.7. The van der Waals surface area contributed by atoms with Crippen molar-refractivity contribution >= 4 is 17.8 Å². The van der Waals surface area contributed by atoms with Crippen LogP contribution in [0.4, 0.5) is 0 Å². The van der Waals surface area contributed by atoms with Gasteiger partial charge in [-0.2, -0.15) is 5.10 Å². The predicted molar refractivity (Wildman–Crippen MR) is 131 cm³/mol. The number of nitrogens with one attached hydrogen (secondary N) is 1. The van der Waals surface area contributed by atoms with Gasteiger partial charge in [0, 0.05) is 19.2 Å². The number of nitrogens with zero attached hydrogens (tertiary/aromatic N) is 3. The second kappa shape index (κ2) is 9.74. The van der Waals surface area contributed by atoms with Crippen LogP contribution in [-0.2, 0) is 29.2 Å². The van der Waals surface area contributed by atoms with Gasteiger partial charge in [0.2, 0.25) is 5.91 Å². The summed E-state index contributed by atoms with van der Waals surface area (Å²) in [5, 5.41) is 7.28. The lowest BCUT2D eigenvalue weighted by Crippen LogP contribution is -2.63. The number of amides is 2. The molecular weight excluding hydrogens is 444 g/mol. The third kappa shape index (κ3) is 4.96. The molecule has 0 aliphatic carbocycles. The topological polar surface area (TPSA) is 93.5 Å². The van der Waals surface area contributed by atoms with Crippen LogP contribution in [0.1, 0.15) is 57.1 Å². The number of fused-ring (bicyclic) bond motifs is 1. The van der Waals surface area contributed by atoms with Gasteiger partial charge in [-0.3, -0.25) is 14.3 Å². The third-order valence-corrected chi connectivity index (χ3v) is 6.31. The molecule has 1 aliphatic rings. The van der Waals surface area contributed by atoms with Crippen molar-refractivity contribution in [3.63, 3.8) is 0 Å². The van der Waals surface area contributed by atoms with E-state index in [0.717, 1.165) is 22.3 Å². The average Bonchev–Trinajstić information content (AvgIpc) is 3.26. The Balaban J connectivity index is 1.66. The molecule has 2 aromatic carbocycles. The van der Waals surface area contributed by atoms with E-state index in [1.165, 1.54) is 10.7 Å². The fourth-order valence-electron chi connectivity index (χ4n) is 4.15. The molecule has 3 aromatic rings. The standard InChI is InChI=1S/C27H30N4O4/c1-5-35-25(33)22-14-23-24(32)30(16-21-12-8-19(3)9-13-21)27(4,17-31(23)29-22)26(34)28-15-20-10-6-18(2)7-11-20/h6-14H,5,15-17H2,1-4H3,(H,28,34)/t27-/m0/s1. The molecule has 0 saturated heterocycles. The van der Waals surface area contributed by atoms with Gasteiger partial charge in [-0.1, -0.05) is 59.7 Å². The number of hydrogen-bond acceptors (Lipinski definition) is 5. The first-order valence-corrected chi connectivity index (χ1v) is 11.7. The Hall–Kier alpha value is -3.94. The van der Waals surface area contributed by atoms with Crippen molar-refractivity contribution in [2.45, 2.75) is 52.9 Å². The van der Waals surface area contributed by atoms with Gasteiger partial charge >= 0.3 is 5.97 Å². The van der Waals surface area contributed by atoms with E-state index >= 15 is 0 Å². The average molecular weight is 475 g/mol. The fourth-order valence-corrected chi connectivity index (χ4v) is 4.15. The summed E-state index contributed by atoms with van der Waals surface area (Å²) in [6, 6.07) is 17.2. The minimum atomic E-state index is -1.22. The van der Waals surface area contributed by atoms with Crippen LogP contribution in [0.15, 0.2) is 54.6 Å². The first-order chi connectivity index (χ1) is 16.7. The largest absolute Gasteiger partial charge is 0.461 e. The normalized spacial score (nSPS) is 17.1. The minimum absolute atomic E-state index is 0.0507. The monoisotopic (exact) mass is 474 g/mol. The summed E-state index contributed by atoms with van der Waals surface area (Å²) in [7, 11) is 0. The van der Waals surface area contributed by atoms with E-state index in [-0.39, 0.29) is 42.9 Å². The summed E-state index contributed by atoms with van der Waals surface area (Å²) >= 11 is 0. The van der Waals surface area contributed by atoms with Gasteiger partial charge in [0.15, 0.2) is 5.69 Å². The number of carbonyl (C=O) groups is 3. The van der Waals surface area contributed by atoms with Crippen molar-refractivity contribution in [3.05, 3.63) is 88.2 Å². The highest BCUT2D eigenvalue weighted by Gasteiger charge is 2.48. The Bertz CT molecular complexity index is 1250. The van der Waals surface area contributed by atoms with Crippen molar-refractivity contribution in [3.8, 4) is 0 Å². The van der Waals surface area contributed by atoms with Crippen LogP contribution < -0.4 is 5.32 Å². The molecule has 0 spiro atoms. The van der Waals surface area contributed by atoms with E-state index in [0.29, 0.717) is 6.54 Å². The number of benzene rings is 2. The molecule has 1 aliphatic heterocycles. The maximum atomic E-state index is 13.6. The molecule has 8 nitrogen and oxygen atoms in total. The van der Waals surface area contributed by atoms with Crippen LogP contribution in [0.5, 0.6) is 0 Å². The second-order valence-electron chi connectivity index (χ2n) is 9.11. The van der Waals surface area contributed by atoms with Gasteiger partial charge < -0.3 is 15.0 Å². The van der Waals surface area contributed by atoms with Gasteiger partial charge in [-0.05, 0) is 38.8 Å². The van der Waals surface area contributed by atoms with Gasteiger partial charge in [0.05, 0.1) is 13.2 Å². The summed E-state index contributed by atoms with van der Waals surface area (Å²) in [5.74, 6) is -1.26. The fraction of sp³-hybridized carbons (Fsp3) is 0.333. The predicted octanol–water partition coefficient (Wildman–Crippen LogP) is 3.41. The van der Waals surface area contributed by atoms with Crippen LogP contribution >= 0.6 is 0 Å². The minimum Gasteiger partial charge on any atom is -0.461 e. The van der Waals surface area contributed by atoms with Crippen molar-refractivity contribution in [1.82, 2.24) is 20.0 Å². The molecule has 182 valence electrons. The van der Waals surface area contributed by atoms with E-state index < -0.39 is 11.5 Å². The number of hydrogen-bond donors (Lipinski definition) is 1. The summed E-state index contributed by atoms with van der Waals surface area (Å²) in [6.07, 6.45) is 0. The Morgan fingerprint density at radius 3 is 2.23 bits per heavy atom. The van der Waals surface area contributed by atoms with E-state index in [4.69, 9.17) is 4.74 Å². The summed E-state index contributed by atoms with van der Waals surface area (Å²) < 4.78 is 6.49. The second-order valence-corrected chi connectivity index (χ2v) is 9.11. The summed E-state index contributed by atoms with van der Waals surface area (Å²) in [6.45, 7) is 8.33. The molecule has 0 bridgehead atoms. The summed E-state index contributed by atoms with van der Waals surface area (Å²) in [5.41, 5.74) is 3.19. The molecule has 4 rings (SSSR count). The van der Waals surface area contributed by atoms with Crippen molar-refractivity contribution in [2.24, 2.45) is 0 Å². The highest BCUT2D eigenvalue weighted by atomic mass is 16.5. The molecule has 0 fully saturated rings. The molecule has 0 unspecified atom stereocenters. The molecule has 1 aromatic heterocycles. The molecule has 1 N–H and O–H groups in total. The Kier molecular flexibility index (Phi) is 6.73. The highest BCUT2D eigenvalue weighted by Crippen LogP contribution is 2.30. The summed E-state index contributed by atoms with van der Waals surface area (Å²) in [4.78, 5) is 41.0. The number of aromatic nitrogens is 2. The maximum Gasteiger partial charge on any atom is 0.358 e. The zero-order valence-electron chi connectivity index (χ0n) is 20.5. The molecule has 0 saturated carbocycles. The lowest BCUT2D eigenvalue weighted by atomic mass is 9.94. The highest BCUT2D eigenvalue weighted by molar-refractivity contribution is 6.01. The lowest BCUT2D eigenvalue weighted by molar-refractivity contribution is -0.133. The number of aryl methyl sites for hydroxylation is 2. The lowest BCUT2D eigenvalue weighted by Gasteiger charge is -2.43. The molecule has 2 amide bonds. The molecule has 1 atom stereocenters. The van der Waals surface area contributed by atoms with Gasteiger partial charge in [-0.25, -0.2) is 4.79 Å². The maximum absolute atomic E-state index is 13.6. The van der Waals surface area contributed by atoms with Crippen LogP contribution in [-0.4, -0.2) is 44.6 Å². The van der Waals surface area contributed by atoms with E-state index in [9.17, 15) is 14.4 Å². The molecule has 8 heteroatoms. The van der Waals surface area contributed by atoms with Crippen molar-refractivity contribution < 1.29 is 19.1 Å². The smallest absolute Gasteiger partial charge is 0.358 e. The van der Waals surface area contributed by atoms with Gasteiger partial charge in [0.1, 0.15) is 11.2 Å². The Morgan fingerprint density at radius 2 is 1.63 bits per heavy atom. The molecule has 2 heterocycles. The van der Waals surface area contributed by atoms with Crippen molar-refractivity contribution in [2.75, 3.05) is 6.61 Å². The van der Waals surface area contributed by atoms with E-state index in [1.54, 1.807) is 18.7 Å². The number of esters is 1. The van der Waals surface area contributed by atoms with Crippen LogP contribution in [0, 0.1) is 13.8 Å². The molecular formula is C27H30N4O4. The Labute approximate surface area is 204 Å². The van der Waals surface area contributed by atoms with Gasteiger partial charge in [0.25, 0.3) is 5.91 Å². The van der Waals surface area contributed by atoms with Crippen molar-refractivity contribution in [1.29, 1.82) is 0 Å².